The highest BCUT2D eigenvalue weighted by atomic mass is 16.2. The lowest BCUT2D eigenvalue weighted by molar-refractivity contribution is -0.152. The van der Waals surface area contributed by atoms with E-state index in [4.69, 9.17) is 0 Å². The molecule has 0 unspecified atom stereocenters. The van der Waals surface area contributed by atoms with Crippen LogP contribution in [0.15, 0.2) is 6.33 Å². The Hall–Kier alpha value is -1.92. The first-order valence-corrected chi connectivity index (χ1v) is 6.78. The summed E-state index contributed by atoms with van der Waals surface area (Å²) in [6.07, 6.45) is 1.49. The number of hydrogen-bond donors (Lipinski definition) is 1. The Bertz CT molecular complexity index is 521. The molecule has 1 aromatic rings. The average Bonchev–Trinajstić information content (AvgIpc) is 2.77. The highest BCUT2D eigenvalue weighted by molar-refractivity contribution is 5.97. The van der Waals surface area contributed by atoms with Gasteiger partial charge < -0.3 is 10.2 Å². The number of amides is 2. The Morgan fingerprint density at radius 1 is 1.40 bits per heavy atom. The van der Waals surface area contributed by atoms with Crippen LogP contribution >= 0.6 is 0 Å². The van der Waals surface area contributed by atoms with Crippen LogP contribution in [0, 0.1) is 5.92 Å². The predicted octanol–water partition coefficient (Wildman–Crippen LogP) is 0.171. The van der Waals surface area contributed by atoms with Crippen LogP contribution in [0.25, 0.3) is 0 Å². The molecular weight excluding hydrogens is 258 g/mol. The molecule has 2 amide bonds. The Kier molecular flexibility index (Phi) is 3.78. The predicted molar refractivity (Wildman–Crippen MR) is 72.5 cm³/mol. The smallest absolute Gasteiger partial charge is 0.245 e. The van der Waals surface area contributed by atoms with E-state index in [-0.39, 0.29) is 18.4 Å². The summed E-state index contributed by atoms with van der Waals surface area (Å²) in [4.78, 5) is 29.8. The lowest BCUT2D eigenvalue weighted by Crippen LogP contribution is -2.64. The van der Waals surface area contributed by atoms with Gasteiger partial charge in [-0.15, -0.1) is 0 Å². The zero-order chi connectivity index (χ0) is 14.9. The van der Waals surface area contributed by atoms with Crippen molar-refractivity contribution in [2.75, 3.05) is 6.54 Å². The van der Waals surface area contributed by atoms with Crippen LogP contribution in [0.5, 0.6) is 0 Å². The summed E-state index contributed by atoms with van der Waals surface area (Å²) in [6, 6.07) is 0. The molecule has 1 saturated heterocycles. The second-order valence-corrected chi connectivity index (χ2v) is 5.97. The highest BCUT2D eigenvalue weighted by Crippen LogP contribution is 2.20. The second kappa shape index (κ2) is 5.22. The third kappa shape index (κ3) is 2.66. The minimum absolute atomic E-state index is 0.0422. The fourth-order valence-corrected chi connectivity index (χ4v) is 2.24. The van der Waals surface area contributed by atoms with Crippen LogP contribution in [0.1, 0.15) is 33.5 Å². The number of nitrogens with zero attached hydrogens (tertiary/aromatic N) is 4. The maximum atomic E-state index is 12.1. The minimum atomic E-state index is -0.871. The van der Waals surface area contributed by atoms with Crippen LogP contribution in [0.3, 0.4) is 0 Å². The molecule has 1 aliphatic heterocycles. The maximum absolute atomic E-state index is 12.1. The Morgan fingerprint density at radius 3 is 2.75 bits per heavy atom. The van der Waals surface area contributed by atoms with Gasteiger partial charge in [0.05, 0.1) is 13.1 Å². The van der Waals surface area contributed by atoms with Crippen LogP contribution in [-0.4, -0.2) is 43.6 Å². The van der Waals surface area contributed by atoms with E-state index in [2.05, 4.69) is 29.2 Å². The molecule has 0 aliphatic carbocycles. The van der Waals surface area contributed by atoms with Crippen molar-refractivity contribution in [3.8, 4) is 0 Å². The van der Waals surface area contributed by atoms with Crippen molar-refractivity contribution in [3.63, 3.8) is 0 Å². The van der Waals surface area contributed by atoms with Crippen molar-refractivity contribution in [3.05, 3.63) is 12.2 Å². The van der Waals surface area contributed by atoms with E-state index >= 15 is 0 Å². The molecule has 2 heterocycles. The average molecular weight is 279 g/mol. The van der Waals surface area contributed by atoms with Gasteiger partial charge >= 0.3 is 0 Å². The summed E-state index contributed by atoms with van der Waals surface area (Å²) < 4.78 is 1.79. The second-order valence-electron chi connectivity index (χ2n) is 5.97. The van der Waals surface area contributed by atoms with Gasteiger partial charge in [0, 0.05) is 6.54 Å². The summed E-state index contributed by atoms with van der Waals surface area (Å²) in [5.74, 6) is 0.888. The zero-order valence-electron chi connectivity index (χ0n) is 12.4. The Labute approximate surface area is 118 Å². The van der Waals surface area contributed by atoms with E-state index < -0.39 is 5.54 Å². The third-order valence-electron chi connectivity index (χ3n) is 3.47. The van der Waals surface area contributed by atoms with Gasteiger partial charge in [-0.2, -0.15) is 5.10 Å². The first-order chi connectivity index (χ1) is 9.32. The number of aromatic nitrogens is 3. The van der Waals surface area contributed by atoms with Crippen LogP contribution in [0.2, 0.25) is 0 Å². The normalized spacial score (nSPS) is 18.6. The van der Waals surface area contributed by atoms with E-state index in [0.29, 0.717) is 18.3 Å². The number of hydrogen-bond acceptors (Lipinski definition) is 4. The SMILES string of the molecule is CC(C)Cn1ncnc1CN1C(=O)CNC(=O)C1(C)C. The Balaban J connectivity index is 2.21. The van der Waals surface area contributed by atoms with Crippen molar-refractivity contribution in [2.24, 2.45) is 5.92 Å². The van der Waals surface area contributed by atoms with Gasteiger partial charge in [-0.1, -0.05) is 13.8 Å². The number of piperazine rings is 1. The van der Waals surface area contributed by atoms with Crippen LogP contribution < -0.4 is 5.32 Å². The molecule has 1 fully saturated rings. The summed E-state index contributed by atoms with van der Waals surface area (Å²) in [5, 5.41) is 6.79. The zero-order valence-corrected chi connectivity index (χ0v) is 12.4. The molecule has 0 bridgehead atoms. The number of carbonyl (C=O) groups is 2. The maximum Gasteiger partial charge on any atom is 0.245 e. The molecule has 7 heteroatoms. The lowest BCUT2D eigenvalue weighted by atomic mass is 9.98. The third-order valence-corrected chi connectivity index (χ3v) is 3.47. The molecule has 0 atom stereocenters. The van der Waals surface area contributed by atoms with Crippen molar-refractivity contribution in [1.29, 1.82) is 0 Å². The van der Waals surface area contributed by atoms with E-state index in [9.17, 15) is 9.59 Å². The lowest BCUT2D eigenvalue weighted by Gasteiger charge is -2.40. The molecule has 1 aliphatic rings. The molecule has 0 saturated carbocycles. The molecule has 110 valence electrons. The minimum Gasteiger partial charge on any atom is -0.345 e. The molecule has 1 N–H and O–H groups in total. The van der Waals surface area contributed by atoms with Gasteiger partial charge in [0.2, 0.25) is 11.8 Å². The van der Waals surface area contributed by atoms with Crippen LogP contribution in [-0.2, 0) is 22.7 Å². The summed E-state index contributed by atoms with van der Waals surface area (Å²) in [5.41, 5.74) is -0.871. The summed E-state index contributed by atoms with van der Waals surface area (Å²) in [6.45, 7) is 8.74. The quantitative estimate of drug-likeness (QED) is 0.852. The van der Waals surface area contributed by atoms with Gasteiger partial charge in [0.25, 0.3) is 0 Å². The topological polar surface area (TPSA) is 80.1 Å². The largest absolute Gasteiger partial charge is 0.345 e. The number of rotatable bonds is 4. The first kappa shape index (κ1) is 14.5. The summed E-state index contributed by atoms with van der Waals surface area (Å²) >= 11 is 0. The fraction of sp³-hybridized carbons (Fsp3) is 0.692. The first-order valence-electron chi connectivity index (χ1n) is 6.78. The molecule has 0 radical (unpaired) electrons. The van der Waals surface area contributed by atoms with Crippen molar-refractivity contribution in [1.82, 2.24) is 25.0 Å². The highest BCUT2D eigenvalue weighted by Gasteiger charge is 2.42. The summed E-state index contributed by atoms with van der Waals surface area (Å²) in [7, 11) is 0. The molecule has 20 heavy (non-hydrogen) atoms. The fourth-order valence-electron chi connectivity index (χ4n) is 2.24. The molecule has 0 spiro atoms. The Morgan fingerprint density at radius 2 is 2.10 bits per heavy atom. The van der Waals surface area contributed by atoms with Crippen molar-refractivity contribution >= 4 is 11.8 Å². The monoisotopic (exact) mass is 279 g/mol. The van der Waals surface area contributed by atoms with Gasteiger partial charge in [-0.05, 0) is 19.8 Å². The molecule has 0 aromatic carbocycles. The van der Waals surface area contributed by atoms with Crippen LogP contribution in [0.4, 0.5) is 0 Å². The number of nitrogens with one attached hydrogen (secondary N) is 1. The standard InChI is InChI=1S/C13H21N5O2/c1-9(2)6-18-10(15-8-16-18)7-17-11(19)5-14-12(20)13(17,3)4/h8-9H,5-7H2,1-4H3,(H,14,20). The van der Waals surface area contributed by atoms with Crippen molar-refractivity contribution in [2.45, 2.75) is 46.3 Å². The molecule has 1 aromatic heterocycles. The van der Waals surface area contributed by atoms with E-state index in [1.165, 1.54) is 6.33 Å². The van der Waals surface area contributed by atoms with E-state index in [1.54, 1.807) is 23.4 Å². The van der Waals surface area contributed by atoms with Gasteiger partial charge in [-0.3, -0.25) is 9.59 Å². The van der Waals surface area contributed by atoms with Crippen molar-refractivity contribution < 1.29 is 9.59 Å². The molecule has 7 nitrogen and oxygen atoms in total. The van der Waals surface area contributed by atoms with E-state index in [1.807, 2.05) is 0 Å². The molecule has 2 rings (SSSR count). The van der Waals surface area contributed by atoms with E-state index in [0.717, 1.165) is 6.54 Å². The van der Waals surface area contributed by atoms with Gasteiger partial charge in [0.1, 0.15) is 17.7 Å². The van der Waals surface area contributed by atoms with Gasteiger partial charge in [0.15, 0.2) is 0 Å². The number of carbonyl (C=O) groups excluding carboxylic acids is 2. The molecular formula is C13H21N5O2. The van der Waals surface area contributed by atoms with Gasteiger partial charge in [-0.25, -0.2) is 9.67 Å².